The zero-order chi connectivity index (χ0) is 5.98. The lowest BCUT2D eigenvalue weighted by molar-refractivity contribution is 0.224. The zero-order valence-corrected chi connectivity index (χ0v) is 4.13. The van der Waals surface area contributed by atoms with Gasteiger partial charge in [-0.1, -0.05) is 0 Å². The van der Waals surface area contributed by atoms with Gasteiger partial charge in [-0.15, -0.1) is 0 Å². The second-order valence-electron chi connectivity index (χ2n) is 1.28. The minimum Gasteiger partial charge on any atom is -0.441 e. The smallest absolute Gasteiger partial charge is 0.225 e. The molecule has 0 aromatic rings. The Balaban J connectivity index is 2.54. The lowest BCUT2D eigenvalue weighted by Crippen LogP contribution is -2.09. The number of rotatable bonds is 0. The molecular formula is C4H6N2O2. The van der Waals surface area contributed by atoms with E-state index in [2.05, 4.69) is 9.47 Å². The second-order valence-corrected chi connectivity index (χ2v) is 1.28. The molecule has 0 bridgehead atoms. The molecule has 0 aromatic carbocycles. The van der Waals surface area contributed by atoms with E-state index in [1.807, 2.05) is 0 Å². The summed E-state index contributed by atoms with van der Waals surface area (Å²) in [5.41, 5.74) is 10.2. The van der Waals surface area contributed by atoms with Crippen LogP contribution in [-0.4, -0.2) is 0 Å². The van der Waals surface area contributed by atoms with E-state index < -0.39 is 0 Å². The first kappa shape index (κ1) is 4.83. The van der Waals surface area contributed by atoms with Crippen molar-refractivity contribution in [3.63, 3.8) is 0 Å². The molecule has 0 atom stereocenters. The summed E-state index contributed by atoms with van der Waals surface area (Å²) in [6.45, 7) is 0. The van der Waals surface area contributed by atoms with Crippen LogP contribution in [0.4, 0.5) is 0 Å². The second kappa shape index (κ2) is 1.65. The number of nitrogens with two attached hydrogens (primary N) is 2. The molecule has 8 heavy (non-hydrogen) atoms. The highest BCUT2D eigenvalue weighted by Crippen LogP contribution is 2.01. The first-order valence-electron chi connectivity index (χ1n) is 2.03. The van der Waals surface area contributed by atoms with Crippen LogP contribution in [0.2, 0.25) is 0 Å². The molecular weight excluding hydrogens is 108 g/mol. The maximum Gasteiger partial charge on any atom is 0.225 e. The molecule has 0 spiro atoms. The molecule has 1 heterocycles. The van der Waals surface area contributed by atoms with E-state index in [9.17, 15) is 0 Å². The summed E-state index contributed by atoms with van der Waals surface area (Å²) in [6.07, 6.45) is 2.46. The fraction of sp³-hybridized carbons (Fsp3) is 0. The van der Waals surface area contributed by atoms with Crippen LogP contribution < -0.4 is 11.5 Å². The van der Waals surface area contributed by atoms with Crippen molar-refractivity contribution in [1.29, 1.82) is 0 Å². The third-order valence-electron chi connectivity index (χ3n) is 0.622. The van der Waals surface area contributed by atoms with Crippen molar-refractivity contribution in [1.82, 2.24) is 0 Å². The first-order valence-corrected chi connectivity index (χ1v) is 2.03. The predicted octanol–water partition coefficient (Wildman–Crippen LogP) is -0.452. The van der Waals surface area contributed by atoms with Crippen LogP contribution in [0.25, 0.3) is 0 Å². The lowest BCUT2D eigenvalue weighted by Gasteiger charge is -2.07. The number of ether oxygens (including phenoxy) is 2. The van der Waals surface area contributed by atoms with Gasteiger partial charge in [0.15, 0.2) is 12.5 Å². The maximum absolute atomic E-state index is 5.11. The third kappa shape index (κ3) is 0.841. The van der Waals surface area contributed by atoms with Crippen molar-refractivity contribution in [2.45, 2.75) is 0 Å². The van der Waals surface area contributed by atoms with E-state index in [0.717, 1.165) is 0 Å². The van der Waals surface area contributed by atoms with Crippen LogP contribution >= 0.6 is 0 Å². The molecule has 44 valence electrons. The van der Waals surface area contributed by atoms with Gasteiger partial charge in [-0.2, -0.15) is 0 Å². The average Bonchev–Trinajstić information content (AvgIpc) is 1.77. The standard InChI is InChI=1S/C4H6N2O2/c5-3-1-7-4(6)2-8-3/h1-2H,5-6H2. The van der Waals surface area contributed by atoms with E-state index in [0.29, 0.717) is 0 Å². The van der Waals surface area contributed by atoms with Gasteiger partial charge in [-0.3, -0.25) is 0 Å². The molecule has 0 saturated carbocycles. The summed E-state index contributed by atoms with van der Waals surface area (Å²) in [5.74, 6) is 0.415. The molecule has 0 unspecified atom stereocenters. The first-order chi connectivity index (χ1) is 3.79. The van der Waals surface area contributed by atoms with E-state index in [-0.39, 0.29) is 11.8 Å². The van der Waals surface area contributed by atoms with Crippen LogP contribution in [0.3, 0.4) is 0 Å². The normalized spacial score (nSPS) is 17.5. The molecule has 0 aliphatic carbocycles. The van der Waals surface area contributed by atoms with Crippen LogP contribution in [-0.2, 0) is 9.47 Å². The Kier molecular flexibility index (Phi) is 0.997. The Morgan fingerprint density at radius 2 is 1.38 bits per heavy atom. The molecule has 1 rings (SSSR count). The minimum atomic E-state index is 0.208. The fourth-order valence-electron chi connectivity index (χ4n) is 0.308. The highest BCUT2D eigenvalue weighted by atomic mass is 16.6. The predicted molar refractivity (Wildman–Crippen MR) is 26.7 cm³/mol. The molecule has 0 aromatic heterocycles. The molecule has 4 heteroatoms. The minimum absolute atomic E-state index is 0.208. The number of hydrogen-bond donors (Lipinski definition) is 2. The summed E-state index contributed by atoms with van der Waals surface area (Å²) >= 11 is 0. The summed E-state index contributed by atoms with van der Waals surface area (Å²) in [4.78, 5) is 0. The van der Waals surface area contributed by atoms with E-state index >= 15 is 0 Å². The molecule has 0 saturated heterocycles. The molecule has 0 radical (unpaired) electrons. The van der Waals surface area contributed by atoms with Crippen LogP contribution in [0.5, 0.6) is 0 Å². The summed E-state index contributed by atoms with van der Waals surface area (Å²) in [6, 6.07) is 0. The molecule has 1 aliphatic rings. The fourth-order valence-corrected chi connectivity index (χ4v) is 0.308. The van der Waals surface area contributed by atoms with Gasteiger partial charge in [0.05, 0.1) is 0 Å². The van der Waals surface area contributed by atoms with E-state index in [1.54, 1.807) is 0 Å². The Labute approximate surface area is 46.4 Å². The van der Waals surface area contributed by atoms with Gasteiger partial charge in [-0.05, 0) is 0 Å². The van der Waals surface area contributed by atoms with Crippen molar-refractivity contribution in [2.24, 2.45) is 11.5 Å². The Morgan fingerprint density at radius 3 is 1.62 bits per heavy atom. The van der Waals surface area contributed by atoms with Crippen molar-refractivity contribution in [3.8, 4) is 0 Å². The largest absolute Gasteiger partial charge is 0.441 e. The highest BCUT2D eigenvalue weighted by molar-refractivity contribution is 4.95. The third-order valence-corrected chi connectivity index (χ3v) is 0.622. The quantitative estimate of drug-likeness (QED) is 0.447. The van der Waals surface area contributed by atoms with E-state index in [1.165, 1.54) is 12.5 Å². The molecule has 4 nitrogen and oxygen atoms in total. The Hall–Kier alpha value is -1.32. The van der Waals surface area contributed by atoms with Gasteiger partial charge in [0, 0.05) is 0 Å². The summed E-state index contributed by atoms with van der Waals surface area (Å²) in [5, 5.41) is 0. The topological polar surface area (TPSA) is 70.5 Å². The molecule has 0 fully saturated rings. The van der Waals surface area contributed by atoms with Crippen molar-refractivity contribution >= 4 is 0 Å². The molecule has 4 N–H and O–H groups in total. The Bertz CT molecular complexity index is 132. The van der Waals surface area contributed by atoms with Gasteiger partial charge in [0.1, 0.15) is 0 Å². The lowest BCUT2D eigenvalue weighted by atomic mass is 10.8. The van der Waals surface area contributed by atoms with Gasteiger partial charge in [0.25, 0.3) is 0 Å². The van der Waals surface area contributed by atoms with Crippen LogP contribution in [0.1, 0.15) is 0 Å². The van der Waals surface area contributed by atoms with E-state index in [4.69, 9.17) is 11.5 Å². The SMILES string of the molecule is NC1=COC(N)=CO1. The summed E-state index contributed by atoms with van der Waals surface area (Å²) in [7, 11) is 0. The zero-order valence-electron chi connectivity index (χ0n) is 4.13. The monoisotopic (exact) mass is 114 g/mol. The van der Waals surface area contributed by atoms with Crippen molar-refractivity contribution < 1.29 is 9.47 Å². The van der Waals surface area contributed by atoms with Crippen molar-refractivity contribution in [2.75, 3.05) is 0 Å². The van der Waals surface area contributed by atoms with Gasteiger partial charge in [0.2, 0.25) is 11.8 Å². The molecule has 1 aliphatic heterocycles. The highest BCUT2D eigenvalue weighted by Gasteiger charge is 1.97. The van der Waals surface area contributed by atoms with Gasteiger partial charge < -0.3 is 20.9 Å². The van der Waals surface area contributed by atoms with Crippen molar-refractivity contribution in [3.05, 3.63) is 24.3 Å². The maximum atomic E-state index is 5.11. The molecule has 0 amide bonds. The average molecular weight is 114 g/mol. The number of hydrogen-bond acceptors (Lipinski definition) is 4. The Morgan fingerprint density at radius 1 is 1.00 bits per heavy atom. The van der Waals surface area contributed by atoms with Gasteiger partial charge >= 0.3 is 0 Å². The van der Waals surface area contributed by atoms with Crippen LogP contribution in [0.15, 0.2) is 24.3 Å². The summed E-state index contributed by atoms with van der Waals surface area (Å²) < 4.78 is 9.23. The van der Waals surface area contributed by atoms with Crippen LogP contribution in [0, 0.1) is 0 Å². The van der Waals surface area contributed by atoms with Gasteiger partial charge in [-0.25, -0.2) is 0 Å².